The number of benzene rings is 1. The summed E-state index contributed by atoms with van der Waals surface area (Å²) in [5, 5.41) is 6.39. The fraction of sp³-hybridized carbons (Fsp3) is 0.533. The Morgan fingerprint density at radius 3 is 2.53 bits per heavy atom. The highest BCUT2D eigenvalue weighted by molar-refractivity contribution is 9.10. The third-order valence-corrected chi connectivity index (χ3v) is 4.05. The first-order valence-electron chi connectivity index (χ1n) is 7.03. The predicted octanol–water partition coefficient (Wildman–Crippen LogP) is 3.70. The van der Waals surface area contributed by atoms with Crippen LogP contribution in [0.15, 0.2) is 28.7 Å². The summed E-state index contributed by atoms with van der Waals surface area (Å²) in [5.41, 5.74) is 0.853. The molecular weight excluding hydrogens is 304 g/mol. The molecule has 0 saturated heterocycles. The quantitative estimate of drug-likeness (QED) is 0.867. The van der Waals surface area contributed by atoms with Crippen molar-refractivity contribution in [1.82, 2.24) is 5.32 Å². The minimum absolute atomic E-state index is 0.0747. The van der Waals surface area contributed by atoms with Crippen LogP contribution in [0.1, 0.15) is 38.5 Å². The van der Waals surface area contributed by atoms with Gasteiger partial charge in [-0.3, -0.25) is 4.79 Å². The van der Waals surface area contributed by atoms with Crippen LogP contribution in [-0.2, 0) is 4.79 Å². The second-order valence-corrected chi connectivity index (χ2v) is 6.01. The number of carbonyl (C=O) groups excluding carboxylic acids is 1. The van der Waals surface area contributed by atoms with Gasteiger partial charge in [0.15, 0.2) is 0 Å². The SMILES string of the molecule is O=C(CCNC1CCCCC1)Nc1ccc(Br)cc1. The number of hydrogen-bond acceptors (Lipinski definition) is 2. The first-order valence-corrected chi connectivity index (χ1v) is 7.82. The van der Waals surface area contributed by atoms with Gasteiger partial charge in [-0.2, -0.15) is 0 Å². The molecule has 0 bridgehead atoms. The van der Waals surface area contributed by atoms with Gasteiger partial charge in [0, 0.05) is 29.2 Å². The summed E-state index contributed by atoms with van der Waals surface area (Å²) in [6.07, 6.45) is 7.06. The third-order valence-electron chi connectivity index (χ3n) is 3.52. The van der Waals surface area contributed by atoms with Gasteiger partial charge >= 0.3 is 0 Å². The Balaban J connectivity index is 1.65. The monoisotopic (exact) mass is 324 g/mol. The second kappa shape index (κ2) is 7.65. The lowest BCUT2D eigenvalue weighted by Gasteiger charge is -2.22. The molecule has 1 aliphatic rings. The Labute approximate surface area is 123 Å². The van der Waals surface area contributed by atoms with Gasteiger partial charge in [0.25, 0.3) is 0 Å². The fourth-order valence-corrected chi connectivity index (χ4v) is 2.72. The molecule has 3 nitrogen and oxygen atoms in total. The van der Waals surface area contributed by atoms with Gasteiger partial charge in [0.05, 0.1) is 0 Å². The van der Waals surface area contributed by atoms with Crippen molar-refractivity contribution >= 4 is 27.5 Å². The van der Waals surface area contributed by atoms with Crippen molar-refractivity contribution in [2.75, 3.05) is 11.9 Å². The summed E-state index contributed by atoms with van der Waals surface area (Å²) >= 11 is 3.37. The molecule has 0 radical (unpaired) electrons. The minimum Gasteiger partial charge on any atom is -0.326 e. The van der Waals surface area contributed by atoms with E-state index in [2.05, 4.69) is 26.6 Å². The first-order chi connectivity index (χ1) is 9.24. The first kappa shape index (κ1) is 14.5. The van der Waals surface area contributed by atoms with E-state index < -0.39 is 0 Å². The van der Waals surface area contributed by atoms with E-state index in [0.717, 1.165) is 16.7 Å². The van der Waals surface area contributed by atoms with E-state index >= 15 is 0 Å². The van der Waals surface area contributed by atoms with Gasteiger partial charge in [0.1, 0.15) is 0 Å². The summed E-state index contributed by atoms with van der Waals surface area (Å²) in [7, 11) is 0. The van der Waals surface area contributed by atoms with Crippen LogP contribution in [0.4, 0.5) is 5.69 Å². The van der Waals surface area contributed by atoms with Crippen molar-refractivity contribution in [3.05, 3.63) is 28.7 Å². The molecule has 104 valence electrons. The van der Waals surface area contributed by atoms with Gasteiger partial charge in [-0.25, -0.2) is 0 Å². The van der Waals surface area contributed by atoms with E-state index in [1.165, 1.54) is 32.1 Å². The molecule has 0 aliphatic heterocycles. The average molecular weight is 325 g/mol. The summed E-state index contributed by atoms with van der Waals surface area (Å²) in [6, 6.07) is 8.27. The Morgan fingerprint density at radius 2 is 1.84 bits per heavy atom. The van der Waals surface area contributed by atoms with Crippen molar-refractivity contribution in [2.45, 2.75) is 44.6 Å². The van der Waals surface area contributed by atoms with Crippen LogP contribution in [-0.4, -0.2) is 18.5 Å². The maximum Gasteiger partial charge on any atom is 0.225 e. The lowest BCUT2D eigenvalue weighted by Crippen LogP contribution is -2.33. The van der Waals surface area contributed by atoms with E-state index in [4.69, 9.17) is 0 Å². The van der Waals surface area contributed by atoms with Gasteiger partial charge in [0.2, 0.25) is 5.91 Å². The van der Waals surface area contributed by atoms with Crippen LogP contribution < -0.4 is 10.6 Å². The number of anilines is 1. The van der Waals surface area contributed by atoms with Crippen molar-refractivity contribution < 1.29 is 4.79 Å². The zero-order valence-electron chi connectivity index (χ0n) is 11.1. The number of carbonyl (C=O) groups is 1. The molecule has 19 heavy (non-hydrogen) atoms. The number of nitrogens with one attached hydrogen (secondary N) is 2. The van der Waals surface area contributed by atoms with Crippen molar-refractivity contribution in [3.63, 3.8) is 0 Å². The topological polar surface area (TPSA) is 41.1 Å². The molecule has 2 rings (SSSR count). The Hall–Kier alpha value is -0.870. The van der Waals surface area contributed by atoms with Crippen LogP contribution >= 0.6 is 15.9 Å². The van der Waals surface area contributed by atoms with E-state index in [-0.39, 0.29) is 5.91 Å². The van der Waals surface area contributed by atoms with Crippen LogP contribution in [0.2, 0.25) is 0 Å². The number of rotatable bonds is 5. The molecule has 1 aliphatic carbocycles. The predicted molar refractivity (Wildman–Crippen MR) is 82.3 cm³/mol. The number of amides is 1. The van der Waals surface area contributed by atoms with Crippen LogP contribution in [0.25, 0.3) is 0 Å². The normalized spacial score (nSPS) is 16.3. The van der Waals surface area contributed by atoms with E-state index in [9.17, 15) is 4.79 Å². The van der Waals surface area contributed by atoms with E-state index in [1.807, 2.05) is 24.3 Å². The molecule has 0 spiro atoms. The van der Waals surface area contributed by atoms with Gasteiger partial charge < -0.3 is 10.6 Å². The molecule has 4 heteroatoms. The Kier molecular flexibility index (Phi) is 5.86. The maximum absolute atomic E-state index is 11.8. The zero-order valence-corrected chi connectivity index (χ0v) is 12.7. The third kappa shape index (κ3) is 5.33. The Bertz CT molecular complexity index is 399. The van der Waals surface area contributed by atoms with Crippen molar-refractivity contribution in [3.8, 4) is 0 Å². The second-order valence-electron chi connectivity index (χ2n) is 5.09. The largest absolute Gasteiger partial charge is 0.326 e. The lowest BCUT2D eigenvalue weighted by molar-refractivity contribution is -0.116. The molecule has 2 N–H and O–H groups in total. The highest BCUT2D eigenvalue weighted by Crippen LogP contribution is 2.17. The summed E-state index contributed by atoms with van der Waals surface area (Å²) < 4.78 is 1.02. The van der Waals surface area contributed by atoms with Crippen LogP contribution in [0.5, 0.6) is 0 Å². The Morgan fingerprint density at radius 1 is 1.16 bits per heavy atom. The van der Waals surface area contributed by atoms with Gasteiger partial charge in [-0.05, 0) is 37.1 Å². The van der Waals surface area contributed by atoms with E-state index in [0.29, 0.717) is 12.5 Å². The van der Waals surface area contributed by atoms with Gasteiger partial charge in [-0.15, -0.1) is 0 Å². The van der Waals surface area contributed by atoms with Crippen molar-refractivity contribution in [2.24, 2.45) is 0 Å². The number of hydrogen-bond donors (Lipinski definition) is 2. The van der Waals surface area contributed by atoms with E-state index in [1.54, 1.807) is 0 Å². The molecule has 0 atom stereocenters. The highest BCUT2D eigenvalue weighted by Gasteiger charge is 2.12. The molecule has 1 aromatic rings. The smallest absolute Gasteiger partial charge is 0.225 e. The average Bonchev–Trinajstić information content (AvgIpc) is 2.43. The zero-order chi connectivity index (χ0) is 13.5. The molecule has 1 amide bonds. The summed E-state index contributed by atoms with van der Waals surface area (Å²) in [5.74, 6) is 0.0747. The minimum atomic E-state index is 0.0747. The maximum atomic E-state index is 11.8. The fourth-order valence-electron chi connectivity index (χ4n) is 2.45. The van der Waals surface area contributed by atoms with Gasteiger partial charge in [-0.1, -0.05) is 35.2 Å². The molecule has 1 aromatic carbocycles. The standard InChI is InChI=1S/C15H21BrN2O/c16-12-6-8-14(9-7-12)18-15(19)10-11-17-13-4-2-1-3-5-13/h6-9,13,17H,1-5,10-11H2,(H,18,19). The number of halogens is 1. The summed E-state index contributed by atoms with van der Waals surface area (Å²) in [4.78, 5) is 11.8. The molecule has 0 unspecified atom stereocenters. The van der Waals surface area contributed by atoms with Crippen LogP contribution in [0, 0.1) is 0 Å². The molecule has 1 saturated carbocycles. The molecule has 0 heterocycles. The van der Waals surface area contributed by atoms with Crippen LogP contribution in [0.3, 0.4) is 0 Å². The summed E-state index contributed by atoms with van der Waals surface area (Å²) in [6.45, 7) is 0.771. The van der Waals surface area contributed by atoms with Crippen molar-refractivity contribution in [1.29, 1.82) is 0 Å². The molecule has 1 fully saturated rings. The lowest BCUT2D eigenvalue weighted by atomic mass is 9.95. The highest BCUT2D eigenvalue weighted by atomic mass is 79.9. The molecule has 0 aromatic heterocycles. The molecular formula is C15H21BrN2O.